The van der Waals surface area contributed by atoms with Crippen LogP contribution in [0.5, 0.6) is 0 Å². The lowest BCUT2D eigenvalue weighted by atomic mass is 10.2. The molecule has 1 aromatic carbocycles. The second-order valence-electron chi connectivity index (χ2n) is 6.12. The van der Waals surface area contributed by atoms with Gasteiger partial charge in [0.1, 0.15) is 0 Å². The fourth-order valence-corrected chi connectivity index (χ4v) is 4.33. The van der Waals surface area contributed by atoms with E-state index < -0.39 is 0 Å². The molecular formula is C19H25BrN4OS. The van der Waals surface area contributed by atoms with E-state index in [0.717, 1.165) is 49.8 Å². The number of rotatable bonds is 6. The van der Waals surface area contributed by atoms with Gasteiger partial charge in [-0.05, 0) is 29.1 Å². The monoisotopic (exact) mass is 436 g/mol. The number of hydrogen-bond acceptors (Lipinski definition) is 4. The third-order valence-corrected chi connectivity index (χ3v) is 5.86. The summed E-state index contributed by atoms with van der Waals surface area (Å²) in [5.74, 6) is 0.819. The third-order valence-electron chi connectivity index (χ3n) is 4.39. The first-order valence-corrected chi connectivity index (χ1v) is 10.5. The van der Waals surface area contributed by atoms with Crippen molar-refractivity contribution in [3.05, 3.63) is 56.7 Å². The number of benzene rings is 1. The summed E-state index contributed by atoms with van der Waals surface area (Å²) < 4.78 is 6.60. The average Bonchev–Trinajstić information content (AvgIpc) is 3.20. The number of hydrogen-bond donors (Lipinski definition) is 2. The predicted molar refractivity (Wildman–Crippen MR) is 112 cm³/mol. The molecule has 140 valence electrons. The van der Waals surface area contributed by atoms with E-state index in [4.69, 9.17) is 4.74 Å². The van der Waals surface area contributed by atoms with Gasteiger partial charge in [0.2, 0.25) is 0 Å². The highest BCUT2D eigenvalue weighted by Crippen LogP contribution is 2.25. The standard InChI is InChI=1S/C19H25BrN4OS/c1-21-19(22-13-15-4-2-5-16(20)12-15)23-14-17(18-6-3-11-26-18)24-7-9-25-10-8-24/h2-6,11-12,17H,7-10,13-14H2,1H3,(H2,21,22,23). The van der Waals surface area contributed by atoms with E-state index in [0.29, 0.717) is 6.04 Å². The number of morpholine rings is 1. The van der Waals surface area contributed by atoms with Gasteiger partial charge in [-0.25, -0.2) is 0 Å². The van der Waals surface area contributed by atoms with Gasteiger partial charge in [-0.2, -0.15) is 0 Å². The van der Waals surface area contributed by atoms with Crippen molar-refractivity contribution in [2.45, 2.75) is 12.6 Å². The minimum absolute atomic E-state index is 0.336. The lowest BCUT2D eigenvalue weighted by molar-refractivity contribution is 0.0177. The molecule has 0 spiro atoms. The molecule has 0 saturated carbocycles. The quantitative estimate of drug-likeness (QED) is 0.538. The molecule has 1 atom stereocenters. The molecule has 0 radical (unpaired) electrons. The highest BCUT2D eigenvalue weighted by molar-refractivity contribution is 9.10. The lowest BCUT2D eigenvalue weighted by Crippen LogP contribution is -2.46. The number of halogens is 1. The van der Waals surface area contributed by atoms with Gasteiger partial charge in [0.05, 0.1) is 19.3 Å². The Labute approximate surface area is 167 Å². The summed E-state index contributed by atoms with van der Waals surface area (Å²) >= 11 is 5.32. The maximum absolute atomic E-state index is 5.51. The number of nitrogens with one attached hydrogen (secondary N) is 2. The topological polar surface area (TPSA) is 48.9 Å². The first-order chi connectivity index (χ1) is 12.8. The van der Waals surface area contributed by atoms with Gasteiger partial charge in [0.25, 0.3) is 0 Å². The van der Waals surface area contributed by atoms with E-state index in [1.54, 1.807) is 0 Å². The minimum Gasteiger partial charge on any atom is -0.379 e. The van der Waals surface area contributed by atoms with Crippen molar-refractivity contribution in [1.29, 1.82) is 0 Å². The van der Waals surface area contributed by atoms with Crippen LogP contribution >= 0.6 is 27.3 Å². The number of guanidine groups is 1. The second-order valence-corrected chi connectivity index (χ2v) is 8.01. The summed E-state index contributed by atoms with van der Waals surface area (Å²) in [6.45, 7) is 5.09. The van der Waals surface area contributed by atoms with Gasteiger partial charge in [0.15, 0.2) is 5.96 Å². The predicted octanol–water partition coefficient (Wildman–Crippen LogP) is 3.25. The Kier molecular flexibility index (Phi) is 7.49. The van der Waals surface area contributed by atoms with Crippen molar-refractivity contribution in [3.8, 4) is 0 Å². The molecule has 7 heteroatoms. The van der Waals surface area contributed by atoms with Crippen molar-refractivity contribution in [3.63, 3.8) is 0 Å². The Bertz CT molecular complexity index is 701. The summed E-state index contributed by atoms with van der Waals surface area (Å²) in [4.78, 5) is 8.23. The Balaban J connectivity index is 1.57. The maximum atomic E-state index is 5.51. The van der Waals surface area contributed by atoms with Gasteiger partial charge < -0.3 is 15.4 Å². The summed E-state index contributed by atoms with van der Waals surface area (Å²) in [6.07, 6.45) is 0. The molecule has 0 bridgehead atoms. The van der Waals surface area contributed by atoms with Gasteiger partial charge in [-0.3, -0.25) is 9.89 Å². The first kappa shape index (κ1) is 19.4. The molecule has 1 aliphatic rings. The van der Waals surface area contributed by atoms with Crippen LogP contribution in [0.2, 0.25) is 0 Å². The first-order valence-electron chi connectivity index (χ1n) is 8.80. The zero-order valence-electron chi connectivity index (χ0n) is 15.0. The molecule has 1 unspecified atom stereocenters. The van der Waals surface area contributed by atoms with Crippen LogP contribution in [-0.2, 0) is 11.3 Å². The summed E-state index contributed by atoms with van der Waals surface area (Å²) in [5, 5.41) is 9.03. The van der Waals surface area contributed by atoms with Crippen molar-refractivity contribution in [2.75, 3.05) is 39.9 Å². The molecule has 0 aliphatic carbocycles. The van der Waals surface area contributed by atoms with E-state index in [1.165, 1.54) is 10.4 Å². The average molecular weight is 437 g/mol. The molecule has 2 heterocycles. The van der Waals surface area contributed by atoms with Crippen molar-refractivity contribution in [2.24, 2.45) is 4.99 Å². The van der Waals surface area contributed by atoms with Crippen LogP contribution in [0.15, 0.2) is 51.2 Å². The Morgan fingerprint density at radius 1 is 1.27 bits per heavy atom. The molecule has 1 saturated heterocycles. The molecule has 2 aromatic rings. The number of thiophene rings is 1. The second kappa shape index (κ2) is 10.1. The maximum Gasteiger partial charge on any atom is 0.191 e. The minimum atomic E-state index is 0.336. The van der Waals surface area contributed by atoms with Crippen LogP contribution in [0, 0.1) is 0 Å². The van der Waals surface area contributed by atoms with Crippen LogP contribution in [-0.4, -0.2) is 50.8 Å². The van der Waals surface area contributed by atoms with Crippen LogP contribution in [0.4, 0.5) is 0 Å². The normalized spacial score (nSPS) is 17.1. The largest absolute Gasteiger partial charge is 0.379 e. The number of ether oxygens (including phenoxy) is 1. The van der Waals surface area contributed by atoms with Crippen molar-refractivity contribution >= 4 is 33.2 Å². The van der Waals surface area contributed by atoms with Crippen LogP contribution in [0.3, 0.4) is 0 Å². The molecule has 26 heavy (non-hydrogen) atoms. The Morgan fingerprint density at radius 3 is 2.81 bits per heavy atom. The third kappa shape index (κ3) is 5.54. The van der Waals surface area contributed by atoms with Crippen LogP contribution < -0.4 is 10.6 Å². The molecule has 1 aromatic heterocycles. The number of aliphatic imine (C=N–C) groups is 1. The summed E-state index contributed by atoms with van der Waals surface area (Å²) in [7, 11) is 1.81. The smallest absolute Gasteiger partial charge is 0.191 e. The Morgan fingerprint density at radius 2 is 2.12 bits per heavy atom. The number of nitrogens with zero attached hydrogens (tertiary/aromatic N) is 2. The molecule has 1 aliphatic heterocycles. The highest BCUT2D eigenvalue weighted by atomic mass is 79.9. The van der Waals surface area contributed by atoms with Gasteiger partial charge >= 0.3 is 0 Å². The van der Waals surface area contributed by atoms with E-state index in [-0.39, 0.29) is 0 Å². The van der Waals surface area contributed by atoms with E-state index in [2.05, 4.69) is 66.1 Å². The van der Waals surface area contributed by atoms with E-state index in [1.807, 2.05) is 30.5 Å². The summed E-state index contributed by atoms with van der Waals surface area (Å²) in [6, 6.07) is 13.0. The fraction of sp³-hybridized carbons (Fsp3) is 0.421. The zero-order chi connectivity index (χ0) is 18.2. The van der Waals surface area contributed by atoms with Gasteiger partial charge in [-0.1, -0.05) is 34.1 Å². The molecular weight excluding hydrogens is 412 g/mol. The molecule has 3 rings (SSSR count). The lowest BCUT2D eigenvalue weighted by Gasteiger charge is -2.34. The van der Waals surface area contributed by atoms with Crippen molar-refractivity contribution < 1.29 is 4.74 Å². The SMILES string of the molecule is CN=C(NCc1cccc(Br)c1)NCC(c1cccs1)N1CCOCC1. The molecule has 0 amide bonds. The van der Waals surface area contributed by atoms with Gasteiger partial charge in [0, 0.05) is 42.6 Å². The van der Waals surface area contributed by atoms with E-state index >= 15 is 0 Å². The molecule has 2 N–H and O–H groups in total. The zero-order valence-corrected chi connectivity index (χ0v) is 17.4. The fourth-order valence-electron chi connectivity index (χ4n) is 3.03. The Hall–Kier alpha value is -1.41. The highest BCUT2D eigenvalue weighted by Gasteiger charge is 2.23. The molecule has 5 nitrogen and oxygen atoms in total. The molecule has 1 fully saturated rings. The van der Waals surface area contributed by atoms with Crippen LogP contribution in [0.25, 0.3) is 0 Å². The van der Waals surface area contributed by atoms with Crippen molar-refractivity contribution in [1.82, 2.24) is 15.5 Å². The van der Waals surface area contributed by atoms with E-state index in [9.17, 15) is 0 Å². The summed E-state index contributed by atoms with van der Waals surface area (Å²) in [5.41, 5.74) is 1.21. The van der Waals surface area contributed by atoms with Crippen LogP contribution in [0.1, 0.15) is 16.5 Å². The van der Waals surface area contributed by atoms with Gasteiger partial charge in [-0.15, -0.1) is 11.3 Å².